The number of rotatable bonds is 2. The number of hydrogen-bond donors (Lipinski definition) is 3. The highest BCUT2D eigenvalue weighted by molar-refractivity contribution is 5.85. The molecule has 0 aromatic heterocycles. The first kappa shape index (κ1) is 7.30. The van der Waals surface area contributed by atoms with E-state index in [0.717, 1.165) is 13.1 Å². The van der Waals surface area contributed by atoms with Crippen molar-refractivity contribution >= 4 is 5.84 Å². The molecule has 56 valence electrons. The van der Waals surface area contributed by atoms with Gasteiger partial charge in [0.05, 0.1) is 13.0 Å². The second-order valence-corrected chi connectivity index (χ2v) is 2.21. The van der Waals surface area contributed by atoms with E-state index in [-0.39, 0.29) is 0 Å². The number of nitrogens with one attached hydrogen (secondary N) is 2. The van der Waals surface area contributed by atoms with Gasteiger partial charge in [-0.1, -0.05) is 5.10 Å². The third kappa shape index (κ3) is 1.37. The number of quaternary nitrogens is 1. The molecule has 0 saturated carbocycles. The average molecular weight is 142 g/mol. The molecule has 0 atom stereocenters. The van der Waals surface area contributed by atoms with Crippen LogP contribution in [0.2, 0.25) is 0 Å². The van der Waals surface area contributed by atoms with Crippen molar-refractivity contribution < 1.29 is 5.43 Å². The molecule has 10 heavy (non-hydrogen) atoms. The first-order valence-corrected chi connectivity index (χ1v) is 3.32. The highest BCUT2D eigenvalue weighted by Gasteiger charge is 2.23. The van der Waals surface area contributed by atoms with Gasteiger partial charge in [0.15, 0.2) is 0 Å². The van der Waals surface area contributed by atoms with Gasteiger partial charge in [-0.05, 0) is 0 Å². The van der Waals surface area contributed by atoms with E-state index in [0.29, 0.717) is 11.8 Å². The molecule has 0 radical (unpaired) electrons. The van der Waals surface area contributed by atoms with Gasteiger partial charge in [0, 0.05) is 13.1 Å². The molecular weight excluding hydrogens is 130 g/mol. The maximum absolute atomic E-state index is 6.78. The summed E-state index contributed by atoms with van der Waals surface area (Å²) in [7, 11) is 1.83. The van der Waals surface area contributed by atoms with Crippen molar-refractivity contribution in [2.24, 2.45) is 16.1 Å². The smallest absolute Gasteiger partial charge is 0.210 e. The fourth-order valence-electron chi connectivity index (χ4n) is 0.829. The van der Waals surface area contributed by atoms with Gasteiger partial charge in [0.2, 0.25) is 5.84 Å². The average Bonchev–Trinajstić information content (AvgIpc) is 1.83. The molecule has 0 amide bonds. The highest BCUT2D eigenvalue weighted by atomic mass is 15.3. The largest absolute Gasteiger partial charge is 0.315 e. The van der Waals surface area contributed by atoms with Crippen molar-refractivity contribution in [3.63, 3.8) is 0 Å². The summed E-state index contributed by atoms with van der Waals surface area (Å²) in [6.45, 7) is 1.82. The van der Waals surface area contributed by atoms with Crippen molar-refractivity contribution in [2.45, 2.75) is 0 Å². The molecule has 0 spiro atoms. The zero-order chi connectivity index (χ0) is 7.40. The summed E-state index contributed by atoms with van der Waals surface area (Å²) in [4.78, 5) is 0. The van der Waals surface area contributed by atoms with Gasteiger partial charge in [-0.2, -0.15) is 0 Å². The van der Waals surface area contributed by atoms with Gasteiger partial charge in [-0.25, -0.2) is 11.0 Å². The topological polar surface area (TPSA) is 77.2 Å². The van der Waals surface area contributed by atoms with Crippen LogP contribution in [0.1, 0.15) is 0 Å². The van der Waals surface area contributed by atoms with Gasteiger partial charge >= 0.3 is 0 Å². The fourth-order valence-corrected chi connectivity index (χ4v) is 0.829. The van der Waals surface area contributed by atoms with Crippen LogP contribution in [0.15, 0.2) is 10.2 Å². The second-order valence-electron chi connectivity index (χ2n) is 2.21. The first-order valence-electron chi connectivity index (χ1n) is 3.32. The lowest BCUT2D eigenvalue weighted by molar-refractivity contribution is -0.633. The summed E-state index contributed by atoms with van der Waals surface area (Å²) < 4.78 is 0. The molecule has 5 heteroatoms. The van der Waals surface area contributed by atoms with Crippen molar-refractivity contribution in [3.05, 3.63) is 0 Å². The lowest BCUT2D eigenvalue weighted by Crippen LogP contribution is -2.73. The minimum absolute atomic E-state index is 0.369. The third-order valence-electron chi connectivity index (χ3n) is 1.52. The summed E-state index contributed by atoms with van der Waals surface area (Å²) in [5.74, 6) is 1.01. The molecule has 1 fully saturated rings. The Morgan fingerprint density at radius 2 is 2.40 bits per heavy atom. The number of nitrogens with zero attached hydrogens (tertiary/aromatic N) is 2. The Hall–Kier alpha value is -0.810. The lowest BCUT2D eigenvalue weighted by Gasteiger charge is -2.24. The Labute approximate surface area is 59.4 Å². The molecule has 0 unspecified atom stereocenters. The second kappa shape index (κ2) is 3.38. The maximum atomic E-state index is 6.78. The maximum Gasteiger partial charge on any atom is 0.210 e. The number of nitrogens with two attached hydrogens (primary N) is 1. The monoisotopic (exact) mass is 142 g/mol. The molecule has 1 aliphatic heterocycles. The molecule has 5 nitrogen and oxygen atoms in total. The molecule has 1 saturated heterocycles. The van der Waals surface area contributed by atoms with Crippen LogP contribution in [0, 0.1) is 11.4 Å². The van der Waals surface area contributed by atoms with Crippen molar-refractivity contribution in [2.75, 3.05) is 20.1 Å². The number of hydrogen-bond acceptors (Lipinski definition) is 3. The van der Waals surface area contributed by atoms with E-state index in [2.05, 4.69) is 15.5 Å². The standard InChI is InChI=1S/C5H11N5/c1-7-10-5(9-6)4-2-8-3-4/h4,6-8H,2-3H2,1H3/p+1. The summed E-state index contributed by atoms with van der Waals surface area (Å²) in [6.07, 6.45) is 0. The third-order valence-corrected chi connectivity index (χ3v) is 1.52. The zero-order valence-corrected chi connectivity index (χ0v) is 5.96. The van der Waals surface area contributed by atoms with E-state index < -0.39 is 0 Å². The zero-order valence-electron chi connectivity index (χ0n) is 5.96. The van der Waals surface area contributed by atoms with Gasteiger partial charge in [0.1, 0.15) is 0 Å². The van der Waals surface area contributed by atoms with E-state index in [4.69, 9.17) is 5.53 Å². The molecular formula is C5H12N5+. The molecule has 0 aromatic carbocycles. The van der Waals surface area contributed by atoms with E-state index in [9.17, 15) is 0 Å². The summed E-state index contributed by atoms with van der Waals surface area (Å²) >= 11 is 0. The fraction of sp³-hybridized carbons (Fsp3) is 0.800. The molecule has 1 aliphatic rings. The highest BCUT2D eigenvalue weighted by Crippen LogP contribution is 2.05. The van der Waals surface area contributed by atoms with E-state index >= 15 is 0 Å². The van der Waals surface area contributed by atoms with Crippen LogP contribution in [0.5, 0.6) is 0 Å². The van der Waals surface area contributed by atoms with Crippen LogP contribution in [0.25, 0.3) is 0 Å². The molecule has 0 bridgehead atoms. The molecule has 1 heterocycles. The molecule has 0 aromatic rings. The van der Waals surface area contributed by atoms with Crippen LogP contribution in [-0.2, 0) is 0 Å². The minimum atomic E-state index is 0.369. The summed E-state index contributed by atoms with van der Waals surface area (Å²) in [6, 6.07) is 0. The van der Waals surface area contributed by atoms with E-state index in [1.165, 1.54) is 0 Å². The predicted octanol–water partition coefficient (Wildman–Crippen LogP) is -1.26. The molecule has 4 N–H and O–H groups in total. The molecule has 1 rings (SSSR count). The van der Waals surface area contributed by atoms with Crippen molar-refractivity contribution in [1.29, 1.82) is 5.53 Å². The quantitative estimate of drug-likeness (QED) is 0.145. The summed E-state index contributed by atoms with van der Waals surface area (Å²) in [5, 5.41) is 10.4. The van der Waals surface area contributed by atoms with Crippen molar-refractivity contribution in [3.8, 4) is 0 Å². The van der Waals surface area contributed by atoms with Crippen LogP contribution in [-0.4, -0.2) is 26.0 Å². The normalized spacial score (nSPS) is 20.3. The predicted molar refractivity (Wildman–Crippen MR) is 36.8 cm³/mol. The van der Waals surface area contributed by atoms with Gasteiger partial charge in [-0.15, -0.1) is 5.11 Å². The van der Waals surface area contributed by atoms with E-state index in [1.807, 2.05) is 7.05 Å². The Morgan fingerprint density at radius 1 is 1.70 bits per heavy atom. The van der Waals surface area contributed by atoms with E-state index in [1.54, 1.807) is 5.43 Å². The first-order chi connectivity index (χ1) is 4.88. The van der Waals surface area contributed by atoms with Gasteiger partial charge in [0.25, 0.3) is 0 Å². The van der Waals surface area contributed by atoms with Gasteiger partial charge < -0.3 is 5.32 Å². The summed E-state index contributed by atoms with van der Waals surface area (Å²) in [5.41, 5.74) is 8.45. The van der Waals surface area contributed by atoms with Crippen LogP contribution in [0.4, 0.5) is 0 Å². The molecule has 0 aliphatic carbocycles. The Kier molecular flexibility index (Phi) is 2.47. The van der Waals surface area contributed by atoms with Crippen molar-refractivity contribution in [1.82, 2.24) is 5.32 Å². The Balaban J connectivity index is 2.46. The van der Waals surface area contributed by atoms with Gasteiger partial charge in [-0.3, -0.25) is 0 Å². The Bertz CT molecular complexity index is 148. The van der Waals surface area contributed by atoms with Crippen LogP contribution < -0.4 is 10.7 Å². The van der Waals surface area contributed by atoms with Crippen LogP contribution >= 0.6 is 0 Å². The SMILES string of the molecule is C[NH2+]N=C(N=N)C1CNC1. The lowest BCUT2D eigenvalue weighted by atomic mass is 10.0. The minimum Gasteiger partial charge on any atom is -0.315 e. The number of amidine groups is 1. The van der Waals surface area contributed by atoms with Crippen LogP contribution in [0.3, 0.4) is 0 Å². The Morgan fingerprint density at radius 3 is 2.70 bits per heavy atom.